The molecule has 1 saturated carbocycles. The average molecular weight is 333 g/mol. The van der Waals surface area contributed by atoms with E-state index in [4.69, 9.17) is 4.74 Å². The zero-order chi connectivity index (χ0) is 17.3. The molecule has 6 nitrogen and oxygen atoms in total. The lowest BCUT2D eigenvalue weighted by Crippen LogP contribution is -2.48. The van der Waals surface area contributed by atoms with Crippen LogP contribution >= 0.6 is 0 Å². The second-order valence-electron chi connectivity index (χ2n) is 7.59. The zero-order valence-electron chi connectivity index (χ0n) is 14.6. The van der Waals surface area contributed by atoms with Gasteiger partial charge in [0.25, 0.3) is 0 Å². The van der Waals surface area contributed by atoms with Crippen molar-refractivity contribution in [2.75, 3.05) is 10.2 Å². The van der Waals surface area contributed by atoms with Crippen molar-refractivity contribution >= 4 is 17.5 Å². The number of anilines is 2. The number of carbonyl (C=O) groups is 1. The van der Waals surface area contributed by atoms with Crippen molar-refractivity contribution < 1.29 is 14.6 Å². The Morgan fingerprint density at radius 3 is 2.58 bits per heavy atom. The number of fused-ring (bicyclic) bond motifs is 1. The quantitative estimate of drug-likeness (QED) is 0.776. The van der Waals surface area contributed by atoms with Gasteiger partial charge in [-0.3, -0.25) is 0 Å². The molecule has 3 N–H and O–H groups in total. The molecule has 0 saturated heterocycles. The molecule has 0 aromatic heterocycles. The van der Waals surface area contributed by atoms with E-state index in [-0.39, 0.29) is 18.2 Å². The summed E-state index contributed by atoms with van der Waals surface area (Å²) in [7, 11) is 0. The molecule has 24 heavy (non-hydrogen) atoms. The number of nitrogens with zero attached hydrogens (tertiary/aromatic N) is 1. The highest BCUT2D eigenvalue weighted by molar-refractivity contribution is 5.75. The minimum absolute atomic E-state index is 0.138. The summed E-state index contributed by atoms with van der Waals surface area (Å²) in [5.74, 6) is 0. The van der Waals surface area contributed by atoms with Crippen LogP contribution in [0.2, 0.25) is 0 Å². The first-order valence-electron chi connectivity index (χ1n) is 8.65. The lowest BCUT2D eigenvalue weighted by Gasteiger charge is -2.37. The number of amides is 1. The number of para-hydroxylation sites is 2. The van der Waals surface area contributed by atoms with Gasteiger partial charge >= 0.3 is 6.09 Å². The van der Waals surface area contributed by atoms with E-state index in [9.17, 15) is 9.90 Å². The van der Waals surface area contributed by atoms with Crippen molar-refractivity contribution in [2.24, 2.45) is 0 Å². The topological polar surface area (TPSA) is 73.8 Å². The Kier molecular flexibility index (Phi) is 4.58. The van der Waals surface area contributed by atoms with E-state index in [0.717, 1.165) is 37.1 Å². The standard InChI is InChI=1S/C18H27N3O3/c1-18(2,3)24-17(23)19-12-8-10-13(11-9-12)21-15-7-5-4-6-14(15)20-16(21)22/h4-7,12-13,16,20,22H,8-11H2,1-3H3,(H,19,23). The van der Waals surface area contributed by atoms with Gasteiger partial charge in [0, 0.05) is 12.1 Å². The number of alkyl carbamates (subject to hydrolysis) is 1. The summed E-state index contributed by atoms with van der Waals surface area (Å²) in [6.45, 7) is 5.59. The Morgan fingerprint density at radius 1 is 1.25 bits per heavy atom. The largest absolute Gasteiger partial charge is 0.444 e. The van der Waals surface area contributed by atoms with Crippen molar-refractivity contribution in [3.63, 3.8) is 0 Å². The molecular weight excluding hydrogens is 306 g/mol. The number of aliphatic hydroxyl groups is 1. The molecule has 2 aliphatic rings. The number of rotatable bonds is 2. The van der Waals surface area contributed by atoms with E-state index >= 15 is 0 Å². The summed E-state index contributed by atoms with van der Waals surface area (Å²) in [5.41, 5.74) is 1.55. The van der Waals surface area contributed by atoms with Crippen LogP contribution < -0.4 is 15.5 Å². The van der Waals surface area contributed by atoms with Crippen molar-refractivity contribution in [1.82, 2.24) is 5.32 Å². The number of hydrogen-bond donors (Lipinski definition) is 3. The second kappa shape index (κ2) is 6.51. The molecule has 0 spiro atoms. The van der Waals surface area contributed by atoms with E-state index in [2.05, 4.69) is 15.5 Å². The monoisotopic (exact) mass is 333 g/mol. The van der Waals surface area contributed by atoms with E-state index in [0.29, 0.717) is 0 Å². The fourth-order valence-corrected chi connectivity index (χ4v) is 3.53. The third-order valence-electron chi connectivity index (χ3n) is 4.54. The van der Waals surface area contributed by atoms with E-state index in [1.165, 1.54) is 0 Å². The Labute approximate surface area is 143 Å². The molecule has 0 bridgehead atoms. The van der Waals surface area contributed by atoms with Crippen molar-refractivity contribution in [2.45, 2.75) is 70.5 Å². The van der Waals surface area contributed by atoms with Gasteiger partial charge in [0.2, 0.25) is 6.35 Å². The summed E-state index contributed by atoms with van der Waals surface area (Å²) in [5, 5.41) is 16.4. The smallest absolute Gasteiger partial charge is 0.407 e. The Balaban J connectivity index is 1.55. The molecule has 1 atom stereocenters. The summed E-state index contributed by atoms with van der Waals surface area (Å²) in [4.78, 5) is 13.9. The van der Waals surface area contributed by atoms with E-state index < -0.39 is 12.0 Å². The van der Waals surface area contributed by atoms with Gasteiger partial charge in [0.1, 0.15) is 5.60 Å². The van der Waals surface area contributed by atoms with E-state index in [1.807, 2.05) is 45.0 Å². The maximum Gasteiger partial charge on any atom is 0.407 e. The van der Waals surface area contributed by atoms with Crippen LogP contribution in [0.25, 0.3) is 0 Å². The second-order valence-corrected chi connectivity index (χ2v) is 7.59. The number of hydrogen-bond acceptors (Lipinski definition) is 5. The van der Waals surface area contributed by atoms with Gasteiger partial charge in [-0.05, 0) is 58.6 Å². The minimum atomic E-state index is -0.678. The van der Waals surface area contributed by atoms with Gasteiger partial charge < -0.3 is 25.4 Å². The van der Waals surface area contributed by atoms with Gasteiger partial charge in [-0.2, -0.15) is 0 Å². The molecule has 1 unspecified atom stereocenters. The third kappa shape index (κ3) is 3.75. The third-order valence-corrected chi connectivity index (χ3v) is 4.54. The predicted molar refractivity (Wildman–Crippen MR) is 94.0 cm³/mol. The molecule has 0 radical (unpaired) electrons. The van der Waals surface area contributed by atoms with Crippen molar-refractivity contribution in [3.8, 4) is 0 Å². The van der Waals surface area contributed by atoms with Crippen LogP contribution in [-0.4, -0.2) is 35.2 Å². The van der Waals surface area contributed by atoms with Crippen LogP contribution in [0, 0.1) is 0 Å². The molecule has 6 heteroatoms. The van der Waals surface area contributed by atoms with Crippen molar-refractivity contribution in [1.29, 1.82) is 0 Å². The van der Waals surface area contributed by atoms with Crippen LogP contribution in [0.15, 0.2) is 24.3 Å². The SMILES string of the molecule is CC(C)(C)OC(=O)NC1CCC(N2c3ccccc3NC2O)CC1. The first-order chi connectivity index (χ1) is 11.3. The normalized spacial score (nSPS) is 26.5. The molecule has 132 valence electrons. The highest BCUT2D eigenvalue weighted by Gasteiger charge is 2.35. The van der Waals surface area contributed by atoms with E-state index in [1.54, 1.807) is 0 Å². The van der Waals surface area contributed by atoms with Crippen LogP contribution in [-0.2, 0) is 4.74 Å². The molecule has 1 amide bonds. The van der Waals surface area contributed by atoms with Gasteiger partial charge in [0.15, 0.2) is 0 Å². The first kappa shape index (κ1) is 16.9. The molecular formula is C18H27N3O3. The molecule has 1 aliphatic carbocycles. The lowest BCUT2D eigenvalue weighted by molar-refractivity contribution is 0.0489. The van der Waals surface area contributed by atoms with Crippen LogP contribution in [0.4, 0.5) is 16.2 Å². The number of benzene rings is 1. The average Bonchev–Trinajstić information content (AvgIpc) is 2.82. The highest BCUT2D eigenvalue weighted by atomic mass is 16.6. The summed E-state index contributed by atoms with van der Waals surface area (Å²) in [6, 6.07) is 8.37. The first-order valence-corrected chi connectivity index (χ1v) is 8.65. The summed E-state index contributed by atoms with van der Waals surface area (Å²) < 4.78 is 5.32. The van der Waals surface area contributed by atoms with Gasteiger partial charge in [-0.15, -0.1) is 0 Å². The Hall–Kier alpha value is -1.95. The highest BCUT2D eigenvalue weighted by Crippen LogP contribution is 2.38. The molecule has 3 rings (SSSR count). The van der Waals surface area contributed by atoms with Gasteiger partial charge in [0.05, 0.1) is 11.4 Å². The maximum atomic E-state index is 11.9. The van der Waals surface area contributed by atoms with Crippen LogP contribution in [0.1, 0.15) is 46.5 Å². The Morgan fingerprint density at radius 2 is 1.92 bits per heavy atom. The molecule has 1 aromatic rings. The molecule has 1 aliphatic heterocycles. The summed E-state index contributed by atoms with van der Waals surface area (Å²) in [6.07, 6.45) is 2.59. The van der Waals surface area contributed by atoms with Crippen LogP contribution in [0.3, 0.4) is 0 Å². The number of carbonyl (C=O) groups excluding carboxylic acids is 1. The fraction of sp³-hybridized carbons (Fsp3) is 0.611. The molecule has 1 heterocycles. The van der Waals surface area contributed by atoms with Gasteiger partial charge in [-0.1, -0.05) is 12.1 Å². The maximum absolute atomic E-state index is 11.9. The fourth-order valence-electron chi connectivity index (χ4n) is 3.53. The summed E-state index contributed by atoms with van der Waals surface area (Å²) >= 11 is 0. The minimum Gasteiger partial charge on any atom is -0.444 e. The number of ether oxygens (including phenoxy) is 1. The number of aliphatic hydroxyl groups excluding tert-OH is 1. The van der Waals surface area contributed by atoms with Gasteiger partial charge in [-0.25, -0.2) is 4.79 Å². The Bertz CT molecular complexity index is 591. The van der Waals surface area contributed by atoms with Crippen molar-refractivity contribution in [3.05, 3.63) is 24.3 Å². The zero-order valence-corrected chi connectivity index (χ0v) is 14.6. The molecule has 1 aromatic carbocycles. The molecule has 1 fully saturated rings. The van der Waals surface area contributed by atoms with Crippen LogP contribution in [0.5, 0.6) is 0 Å². The predicted octanol–water partition coefficient (Wildman–Crippen LogP) is 3.03. The lowest BCUT2D eigenvalue weighted by atomic mass is 9.90. The number of nitrogens with one attached hydrogen (secondary N) is 2.